The van der Waals surface area contributed by atoms with Gasteiger partial charge in [-0.05, 0) is 38.3 Å². The number of nitrogens with one attached hydrogen (secondary N) is 1. The molecule has 25 heavy (non-hydrogen) atoms. The Balaban J connectivity index is 0.00000312. The SMILES string of the molecule is CC(C)NC(=O)CCCC(=O)N1C[C@@H](CN)[C@H](c2ccccc2)C1.Cl. The molecule has 6 heteroatoms. The summed E-state index contributed by atoms with van der Waals surface area (Å²) in [5.74, 6) is 0.760. The monoisotopic (exact) mass is 367 g/mol. The van der Waals surface area contributed by atoms with Crippen LogP contribution in [-0.2, 0) is 9.59 Å². The van der Waals surface area contributed by atoms with Gasteiger partial charge in [0.15, 0.2) is 0 Å². The van der Waals surface area contributed by atoms with E-state index < -0.39 is 0 Å². The quantitative estimate of drug-likeness (QED) is 0.776. The van der Waals surface area contributed by atoms with Gasteiger partial charge < -0.3 is 16.0 Å². The van der Waals surface area contributed by atoms with Crippen molar-refractivity contribution in [3.05, 3.63) is 35.9 Å². The maximum absolute atomic E-state index is 12.4. The van der Waals surface area contributed by atoms with Gasteiger partial charge in [0, 0.05) is 37.9 Å². The molecule has 0 spiro atoms. The maximum Gasteiger partial charge on any atom is 0.222 e. The highest BCUT2D eigenvalue weighted by Gasteiger charge is 2.34. The van der Waals surface area contributed by atoms with E-state index in [-0.39, 0.29) is 30.3 Å². The first-order valence-corrected chi connectivity index (χ1v) is 8.83. The molecule has 0 aromatic heterocycles. The Hall–Kier alpha value is -1.59. The van der Waals surface area contributed by atoms with Crippen LogP contribution >= 0.6 is 12.4 Å². The van der Waals surface area contributed by atoms with Crippen LogP contribution in [0, 0.1) is 5.92 Å². The average molecular weight is 368 g/mol. The van der Waals surface area contributed by atoms with Crippen molar-refractivity contribution in [2.45, 2.75) is 45.1 Å². The Kier molecular flexibility index (Phi) is 8.93. The summed E-state index contributed by atoms with van der Waals surface area (Å²) in [5, 5.41) is 2.85. The molecule has 5 nitrogen and oxygen atoms in total. The number of carbonyl (C=O) groups excluding carboxylic acids is 2. The number of hydrogen-bond acceptors (Lipinski definition) is 3. The molecule has 0 saturated carbocycles. The number of nitrogens with two attached hydrogens (primary N) is 1. The summed E-state index contributed by atoms with van der Waals surface area (Å²) in [4.78, 5) is 26.0. The molecule has 140 valence electrons. The van der Waals surface area contributed by atoms with Crippen molar-refractivity contribution >= 4 is 24.2 Å². The predicted octanol–water partition coefficient (Wildman–Crippen LogP) is 2.30. The normalized spacial score (nSPS) is 19.6. The number of likely N-dealkylation sites (tertiary alicyclic amines) is 1. The fraction of sp³-hybridized carbons (Fsp3) is 0.579. The lowest BCUT2D eigenvalue weighted by atomic mass is 9.89. The van der Waals surface area contributed by atoms with Gasteiger partial charge in [0.25, 0.3) is 0 Å². The Labute approximate surface area is 156 Å². The van der Waals surface area contributed by atoms with E-state index >= 15 is 0 Å². The minimum absolute atomic E-state index is 0. The number of benzene rings is 1. The van der Waals surface area contributed by atoms with Crippen molar-refractivity contribution < 1.29 is 9.59 Å². The van der Waals surface area contributed by atoms with Gasteiger partial charge in [-0.25, -0.2) is 0 Å². The standard InChI is InChI=1S/C19H29N3O2.ClH/c1-14(2)21-18(23)9-6-10-19(24)22-12-16(11-20)17(13-22)15-7-4-3-5-8-15;/h3-5,7-8,14,16-17H,6,9-13,20H2,1-2H3,(H,21,23);1H/t16-,17+;/m1./s1. The van der Waals surface area contributed by atoms with Crippen LogP contribution in [0.25, 0.3) is 0 Å². The number of halogens is 1. The molecule has 1 aromatic carbocycles. The topological polar surface area (TPSA) is 75.4 Å². The number of amides is 2. The molecule has 2 rings (SSSR count). The van der Waals surface area contributed by atoms with Crippen molar-refractivity contribution in [3.63, 3.8) is 0 Å². The summed E-state index contributed by atoms with van der Waals surface area (Å²) in [5.41, 5.74) is 7.17. The van der Waals surface area contributed by atoms with Gasteiger partial charge in [-0.1, -0.05) is 30.3 Å². The van der Waals surface area contributed by atoms with Gasteiger partial charge in [-0.3, -0.25) is 9.59 Å². The summed E-state index contributed by atoms with van der Waals surface area (Å²) in [6, 6.07) is 10.4. The van der Waals surface area contributed by atoms with Crippen LogP contribution < -0.4 is 11.1 Å². The van der Waals surface area contributed by atoms with E-state index in [1.807, 2.05) is 36.9 Å². The smallest absolute Gasteiger partial charge is 0.222 e. The molecular formula is C19H30ClN3O2. The minimum atomic E-state index is 0. The second kappa shape index (κ2) is 10.4. The van der Waals surface area contributed by atoms with Gasteiger partial charge in [0.1, 0.15) is 0 Å². The average Bonchev–Trinajstić information content (AvgIpc) is 2.99. The zero-order valence-corrected chi connectivity index (χ0v) is 15.9. The van der Waals surface area contributed by atoms with Crippen LogP contribution in [0.4, 0.5) is 0 Å². The molecular weight excluding hydrogens is 338 g/mol. The van der Waals surface area contributed by atoms with E-state index in [0.29, 0.717) is 44.2 Å². The van der Waals surface area contributed by atoms with Crippen molar-refractivity contribution in [1.29, 1.82) is 0 Å². The number of carbonyl (C=O) groups is 2. The van der Waals surface area contributed by atoms with E-state index in [1.54, 1.807) is 0 Å². The Morgan fingerprint density at radius 1 is 1.20 bits per heavy atom. The fourth-order valence-electron chi connectivity index (χ4n) is 3.34. The van der Waals surface area contributed by atoms with Crippen molar-refractivity contribution in [1.82, 2.24) is 10.2 Å². The van der Waals surface area contributed by atoms with Gasteiger partial charge in [0.05, 0.1) is 0 Å². The minimum Gasteiger partial charge on any atom is -0.354 e. The number of hydrogen-bond donors (Lipinski definition) is 2. The highest BCUT2D eigenvalue weighted by molar-refractivity contribution is 5.85. The van der Waals surface area contributed by atoms with Crippen LogP contribution in [0.5, 0.6) is 0 Å². The molecule has 2 amide bonds. The lowest BCUT2D eigenvalue weighted by Crippen LogP contribution is -2.31. The predicted molar refractivity (Wildman–Crippen MR) is 103 cm³/mol. The Morgan fingerprint density at radius 3 is 2.48 bits per heavy atom. The van der Waals surface area contributed by atoms with Crippen molar-refractivity contribution in [3.8, 4) is 0 Å². The second-order valence-electron chi connectivity index (χ2n) is 6.89. The lowest BCUT2D eigenvalue weighted by molar-refractivity contribution is -0.130. The van der Waals surface area contributed by atoms with Gasteiger partial charge in [0.2, 0.25) is 11.8 Å². The van der Waals surface area contributed by atoms with E-state index in [2.05, 4.69) is 17.4 Å². The molecule has 1 fully saturated rings. The van der Waals surface area contributed by atoms with Gasteiger partial charge in [-0.2, -0.15) is 0 Å². The van der Waals surface area contributed by atoms with Crippen LogP contribution in [0.1, 0.15) is 44.6 Å². The molecule has 1 aliphatic rings. The third kappa shape index (κ3) is 6.33. The molecule has 2 atom stereocenters. The molecule has 0 bridgehead atoms. The summed E-state index contributed by atoms with van der Waals surface area (Å²) in [6.07, 6.45) is 1.42. The summed E-state index contributed by atoms with van der Waals surface area (Å²) < 4.78 is 0. The summed E-state index contributed by atoms with van der Waals surface area (Å²) >= 11 is 0. The molecule has 1 heterocycles. The molecule has 1 saturated heterocycles. The first kappa shape index (κ1) is 21.5. The summed E-state index contributed by atoms with van der Waals surface area (Å²) in [6.45, 7) is 5.89. The first-order chi connectivity index (χ1) is 11.5. The maximum atomic E-state index is 12.4. The van der Waals surface area contributed by atoms with E-state index in [1.165, 1.54) is 5.56 Å². The van der Waals surface area contributed by atoms with E-state index in [4.69, 9.17) is 5.73 Å². The van der Waals surface area contributed by atoms with Crippen LogP contribution in [0.2, 0.25) is 0 Å². The molecule has 1 aromatic rings. The van der Waals surface area contributed by atoms with Gasteiger partial charge >= 0.3 is 0 Å². The Bertz CT molecular complexity index is 551. The number of nitrogens with zero attached hydrogens (tertiary/aromatic N) is 1. The van der Waals surface area contributed by atoms with Crippen LogP contribution in [-0.4, -0.2) is 42.4 Å². The molecule has 0 unspecified atom stereocenters. The van der Waals surface area contributed by atoms with Crippen LogP contribution in [0.3, 0.4) is 0 Å². The van der Waals surface area contributed by atoms with Crippen LogP contribution in [0.15, 0.2) is 30.3 Å². The van der Waals surface area contributed by atoms with E-state index in [0.717, 1.165) is 6.54 Å². The summed E-state index contributed by atoms with van der Waals surface area (Å²) in [7, 11) is 0. The molecule has 1 aliphatic heterocycles. The molecule has 0 aliphatic carbocycles. The largest absolute Gasteiger partial charge is 0.354 e. The third-order valence-corrected chi connectivity index (χ3v) is 4.57. The zero-order chi connectivity index (χ0) is 17.5. The highest BCUT2D eigenvalue weighted by Crippen LogP contribution is 2.32. The molecule has 0 radical (unpaired) electrons. The highest BCUT2D eigenvalue weighted by atomic mass is 35.5. The second-order valence-corrected chi connectivity index (χ2v) is 6.89. The Morgan fingerprint density at radius 2 is 1.88 bits per heavy atom. The first-order valence-electron chi connectivity index (χ1n) is 8.83. The van der Waals surface area contributed by atoms with E-state index in [9.17, 15) is 9.59 Å². The van der Waals surface area contributed by atoms with Crippen molar-refractivity contribution in [2.75, 3.05) is 19.6 Å². The lowest BCUT2D eigenvalue weighted by Gasteiger charge is -2.17. The molecule has 3 N–H and O–H groups in total. The number of rotatable bonds is 7. The van der Waals surface area contributed by atoms with Gasteiger partial charge in [-0.15, -0.1) is 12.4 Å². The fourth-order valence-corrected chi connectivity index (χ4v) is 3.34. The third-order valence-electron chi connectivity index (χ3n) is 4.57. The van der Waals surface area contributed by atoms with Crippen molar-refractivity contribution in [2.24, 2.45) is 11.7 Å². The zero-order valence-electron chi connectivity index (χ0n) is 15.1.